The van der Waals surface area contributed by atoms with E-state index in [1.165, 1.54) is 12.1 Å². The van der Waals surface area contributed by atoms with Crippen molar-refractivity contribution in [3.05, 3.63) is 23.8 Å². The number of thiophene rings is 1. The number of fused-ring (bicyclic) bond motifs is 1. The second-order valence-electron chi connectivity index (χ2n) is 2.80. The van der Waals surface area contributed by atoms with Crippen LogP contribution in [0.5, 0.6) is 5.06 Å². The van der Waals surface area contributed by atoms with Gasteiger partial charge in [0.05, 0.1) is 0 Å². The molecule has 2 aromatic rings. The van der Waals surface area contributed by atoms with Gasteiger partial charge in [0.1, 0.15) is 0 Å². The lowest BCUT2D eigenvalue weighted by Crippen LogP contribution is -1.86. The van der Waals surface area contributed by atoms with Crippen molar-refractivity contribution in [1.82, 2.24) is 0 Å². The van der Waals surface area contributed by atoms with Crippen molar-refractivity contribution in [2.75, 3.05) is 0 Å². The third-order valence-corrected chi connectivity index (χ3v) is 3.28. The Morgan fingerprint density at radius 2 is 2.07 bits per heavy atom. The quantitative estimate of drug-likeness (QED) is 0.716. The number of alkyl halides is 2. The molecule has 14 heavy (non-hydrogen) atoms. The second-order valence-corrected chi connectivity index (χ2v) is 4.31. The molecule has 0 saturated heterocycles. The molecule has 0 unspecified atom stereocenters. The minimum atomic E-state index is -2.57. The third kappa shape index (κ3) is 1.46. The molecule has 1 nitrogen and oxygen atoms in total. The van der Waals surface area contributed by atoms with Crippen LogP contribution in [0.3, 0.4) is 0 Å². The number of benzene rings is 1. The molecular weight excluding hydrogens is 226 g/mol. The summed E-state index contributed by atoms with van der Waals surface area (Å²) in [4.78, 5) is 0.259. The maximum absolute atomic E-state index is 12.6. The van der Waals surface area contributed by atoms with Gasteiger partial charge in [-0.1, -0.05) is 17.4 Å². The molecule has 1 aromatic carbocycles. The van der Waals surface area contributed by atoms with E-state index in [0.717, 1.165) is 11.3 Å². The molecule has 0 aliphatic heterocycles. The first-order valence-electron chi connectivity index (χ1n) is 3.82. The standard InChI is InChI=1S/C9H6F2OS2/c10-9(11)7-5(13)2-1-4-3-6(12)14-8(4)7/h1-3,9,12-13H. The van der Waals surface area contributed by atoms with E-state index in [-0.39, 0.29) is 15.5 Å². The zero-order valence-electron chi connectivity index (χ0n) is 6.87. The Morgan fingerprint density at radius 3 is 2.71 bits per heavy atom. The van der Waals surface area contributed by atoms with E-state index >= 15 is 0 Å². The highest BCUT2D eigenvalue weighted by atomic mass is 32.1. The number of thiol groups is 1. The van der Waals surface area contributed by atoms with Crippen LogP contribution >= 0.6 is 24.0 Å². The predicted molar refractivity (Wildman–Crippen MR) is 55.7 cm³/mol. The van der Waals surface area contributed by atoms with Gasteiger partial charge in [0, 0.05) is 15.2 Å². The van der Waals surface area contributed by atoms with Crippen LogP contribution in [0.4, 0.5) is 8.78 Å². The number of hydrogen-bond acceptors (Lipinski definition) is 3. The molecule has 0 bridgehead atoms. The summed E-state index contributed by atoms with van der Waals surface area (Å²) in [5.74, 6) is 0. The molecule has 0 saturated carbocycles. The first kappa shape index (κ1) is 9.73. The fraction of sp³-hybridized carbons (Fsp3) is 0.111. The Labute approximate surface area is 88.4 Å². The Morgan fingerprint density at radius 1 is 1.36 bits per heavy atom. The summed E-state index contributed by atoms with van der Waals surface area (Å²) in [7, 11) is 0. The Balaban J connectivity index is 2.82. The van der Waals surface area contributed by atoms with Gasteiger partial charge in [0.2, 0.25) is 0 Å². The molecule has 0 radical (unpaired) electrons. The lowest BCUT2D eigenvalue weighted by Gasteiger charge is -2.04. The molecule has 0 spiro atoms. The number of rotatable bonds is 1. The Kier molecular flexibility index (Phi) is 2.36. The SMILES string of the molecule is Oc1cc2ccc(S)c(C(F)F)c2s1. The Hall–Kier alpha value is -0.810. The molecule has 0 amide bonds. The van der Waals surface area contributed by atoms with E-state index in [0.29, 0.717) is 10.1 Å². The summed E-state index contributed by atoms with van der Waals surface area (Å²) in [6.45, 7) is 0. The molecule has 0 aliphatic rings. The van der Waals surface area contributed by atoms with E-state index < -0.39 is 6.43 Å². The van der Waals surface area contributed by atoms with Crippen molar-refractivity contribution in [3.8, 4) is 5.06 Å². The maximum atomic E-state index is 12.6. The first-order chi connectivity index (χ1) is 6.59. The molecule has 2 rings (SSSR count). The summed E-state index contributed by atoms with van der Waals surface area (Å²) in [5, 5.41) is 9.87. The van der Waals surface area contributed by atoms with E-state index in [1.54, 1.807) is 6.07 Å². The van der Waals surface area contributed by atoms with Crippen LogP contribution in [-0.4, -0.2) is 5.11 Å². The zero-order chi connectivity index (χ0) is 10.3. The van der Waals surface area contributed by atoms with Crippen LogP contribution in [0.25, 0.3) is 10.1 Å². The van der Waals surface area contributed by atoms with E-state index in [1.807, 2.05) is 0 Å². The average molecular weight is 232 g/mol. The first-order valence-corrected chi connectivity index (χ1v) is 5.08. The van der Waals surface area contributed by atoms with Gasteiger partial charge in [-0.05, 0) is 17.5 Å². The van der Waals surface area contributed by atoms with Gasteiger partial charge in [0.15, 0.2) is 5.06 Å². The zero-order valence-corrected chi connectivity index (χ0v) is 8.58. The highest BCUT2D eigenvalue weighted by Gasteiger charge is 2.17. The normalized spacial score (nSPS) is 11.4. The van der Waals surface area contributed by atoms with Gasteiger partial charge < -0.3 is 5.11 Å². The molecule has 1 N–H and O–H groups in total. The van der Waals surface area contributed by atoms with Gasteiger partial charge in [-0.2, -0.15) is 0 Å². The topological polar surface area (TPSA) is 20.2 Å². The van der Waals surface area contributed by atoms with Crippen LogP contribution in [0.1, 0.15) is 12.0 Å². The van der Waals surface area contributed by atoms with Gasteiger partial charge in [-0.15, -0.1) is 12.6 Å². The summed E-state index contributed by atoms with van der Waals surface area (Å²) in [5.41, 5.74) is -0.101. The van der Waals surface area contributed by atoms with Gasteiger partial charge in [0.25, 0.3) is 6.43 Å². The fourth-order valence-corrected chi connectivity index (χ4v) is 2.62. The third-order valence-electron chi connectivity index (χ3n) is 1.91. The van der Waals surface area contributed by atoms with Crippen molar-refractivity contribution >= 4 is 34.1 Å². The van der Waals surface area contributed by atoms with Crippen LogP contribution in [-0.2, 0) is 0 Å². The molecule has 1 heterocycles. The van der Waals surface area contributed by atoms with E-state index in [4.69, 9.17) is 0 Å². The smallest absolute Gasteiger partial charge is 0.266 e. The van der Waals surface area contributed by atoms with Gasteiger partial charge in [-0.3, -0.25) is 0 Å². The van der Waals surface area contributed by atoms with E-state index in [2.05, 4.69) is 12.6 Å². The molecule has 0 atom stereocenters. The van der Waals surface area contributed by atoms with Crippen LogP contribution < -0.4 is 0 Å². The minimum absolute atomic E-state index is 0.0424. The summed E-state index contributed by atoms with van der Waals surface area (Å²) >= 11 is 4.92. The number of hydrogen-bond donors (Lipinski definition) is 2. The number of aromatic hydroxyl groups is 1. The predicted octanol–water partition coefficient (Wildman–Crippen LogP) is 3.83. The molecule has 1 aromatic heterocycles. The van der Waals surface area contributed by atoms with Gasteiger partial charge >= 0.3 is 0 Å². The highest BCUT2D eigenvalue weighted by Crippen LogP contribution is 2.39. The lowest BCUT2D eigenvalue weighted by atomic mass is 10.2. The summed E-state index contributed by atoms with van der Waals surface area (Å²) in [6, 6.07) is 4.65. The van der Waals surface area contributed by atoms with Gasteiger partial charge in [-0.25, -0.2) is 8.78 Å². The Bertz CT molecular complexity index is 479. The highest BCUT2D eigenvalue weighted by molar-refractivity contribution is 7.80. The van der Waals surface area contributed by atoms with Crippen molar-refractivity contribution in [1.29, 1.82) is 0 Å². The van der Waals surface area contributed by atoms with Crippen molar-refractivity contribution in [2.45, 2.75) is 11.3 Å². The van der Waals surface area contributed by atoms with Crippen molar-refractivity contribution < 1.29 is 13.9 Å². The monoisotopic (exact) mass is 232 g/mol. The minimum Gasteiger partial charge on any atom is -0.499 e. The molecule has 74 valence electrons. The van der Waals surface area contributed by atoms with E-state index in [9.17, 15) is 13.9 Å². The molecular formula is C9H6F2OS2. The summed E-state index contributed by atoms with van der Waals surface area (Å²) in [6.07, 6.45) is -2.57. The molecule has 0 aliphatic carbocycles. The van der Waals surface area contributed by atoms with Crippen LogP contribution in [0, 0.1) is 0 Å². The maximum Gasteiger partial charge on any atom is 0.266 e. The van der Waals surface area contributed by atoms with Crippen molar-refractivity contribution in [3.63, 3.8) is 0 Å². The van der Waals surface area contributed by atoms with Crippen LogP contribution in [0.2, 0.25) is 0 Å². The largest absolute Gasteiger partial charge is 0.499 e. The fourth-order valence-electron chi connectivity index (χ4n) is 1.31. The summed E-state index contributed by atoms with van der Waals surface area (Å²) < 4.78 is 25.7. The second kappa shape index (κ2) is 3.40. The molecule has 5 heteroatoms. The molecule has 0 fully saturated rings. The van der Waals surface area contributed by atoms with Crippen molar-refractivity contribution in [2.24, 2.45) is 0 Å². The lowest BCUT2D eigenvalue weighted by molar-refractivity contribution is 0.150. The average Bonchev–Trinajstić information content (AvgIpc) is 2.43. The number of halogens is 2. The van der Waals surface area contributed by atoms with Crippen LogP contribution in [0.15, 0.2) is 23.1 Å².